The Labute approximate surface area is 130 Å². The Bertz CT molecular complexity index is 407. The molecule has 0 aromatic heterocycles. The molecular formula is C19H32N2. The molecule has 2 nitrogen and oxygen atoms in total. The van der Waals surface area contributed by atoms with Crippen molar-refractivity contribution in [3.05, 3.63) is 35.9 Å². The van der Waals surface area contributed by atoms with E-state index in [1.54, 1.807) is 0 Å². The van der Waals surface area contributed by atoms with Crippen LogP contribution in [0, 0.1) is 11.3 Å². The second kappa shape index (κ2) is 7.42. The SMILES string of the molecule is CC(C)(C)C1CCCN(C(CN)Cc2ccccc2)CC1. The van der Waals surface area contributed by atoms with Crippen LogP contribution in [-0.4, -0.2) is 30.6 Å². The predicted octanol–water partition coefficient (Wildman–Crippen LogP) is 3.70. The van der Waals surface area contributed by atoms with E-state index in [9.17, 15) is 0 Å². The first-order valence-corrected chi connectivity index (χ1v) is 8.48. The maximum absolute atomic E-state index is 6.08. The Morgan fingerprint density at radius 3 is 2.48 bits per heavy atom. The number of nitrogens with zero attached hydrogens (tertiary/aromatic N) is 1. The molecule has 0 radical (unpaired) electrons. The van der Waals surface area contributed by atoms with Crippen molar-refractivity contribution < 1.29 is 0 Å². The van der Waals surface area contributed by atoms with Crippen LogP contribution in [0.1, 0.15) is 45.6 Å². The van der Waals surface area contributed by atoms with E-state index < -0.39 is 0 Å². The molecule has 0 saturated carbocycles. The maximum Gasteiger partial charge on any atom is 0.0258 e. The van der Waals surface area contributed by atoms with Crippen LogP contribution in [0.25, 0.3) is 0 Å². The third kappa shape index (κ3) is 4.82. The highest BCUT2D eigenvalue weighted by molar-refractivity contribution is 5.16. The van der Waals surface area contributed by atoms with Crippen molar-refractivity contribution in [2.45, 2.75) is 52.5 Å². The normalized spacial score (nSPS) is 22.8. The first-order valence-electron chi connectivity index (χ1n) is 8.48. The molecule has 1 aromatic carbocycles. The van der Waals surface area contributed by atoms with Crippen LogP contribution in [0.4, 0.5) is 0 Å². The van der Waals surface area contributed by atoms with E-state index in [0.717, 1.165) is 18.9 Å². The van der Waals surface area contributed by atoms with Crippen LogP contribution in [0.5, 0.6) is 0 Å². The molecule has 0 bridgehead atoms. The van der Waals surface area contributed by atoms with E-state index >= 15 is 0 Å². The van der Waals surface area contributed by atoms with Gasteiger partial charge >= 0.3 is 0 Å². The third-order valence-electron chi connectivity index (χ3n) is 5.09. The number of hydrogen-bond donors (Lipinski definition) is 1. The second-order valence-electron chi connectivity index (χ2n) is 7.61. The van der Waals surface area contributed by atoms with Crippen molar-refractivity contribution in [1.82, 2.24) is 4.90 Å². The van der Waals surface area contributed by atoms with Gasteiger partial charge in [0.2, 0.25) is 0 Å². The highest BCUT2D eigenvalue weighted by Crippen LogP contribution is 2.34. The van der Waals surface area contributed by atoms with Crippen molar-refractivity contribution in [1.29, 1.82) is 0 Å². The maximum atomic E-state index is 6.08. The van der Waals surface area contributed by atoms with Gasteiger partial charge < -0.3 is 5.73 Å². The van der Waals surface area contributed by atoms with Crippen LogP contribution in [0.15, 0.2) is 30.3 Å². The van der Waals surface area contributed by atoms with Gasteiger partial charge in [-0.05, 0) is 55.7 Å². The summed E-state index contributed by atoms with van der Waals surface area (Å²) in [5, 5.41) is 0. The Hall–Kier alpha value is -0.860. The van der Waals surface area contributed by atoms with Crippen molar-refractivity contribution in [3.63, 3.8) is 0 Å². The highest BCUT2D eigenvalue weighted by Gasteiger charge is 2.28. The minimum absolute atomic E-state index is 0.438. The zero-order chi connectivity index (χ0) is 15.3. The van der Waals surface area contributed by atoms with Gasteiger partial charge in [-0.1, -0.05) is 51.1 Å². The van der Waals surface area contributed by atoms with Crippen LogP contribution in [0.2, 0.25) is 0 Å². The fourth-order valence-corrected chi connectivity index (χ4v) is 3.60. The van der Waals surface area contributed by atoms with Crippen LogP contribution in [0.3, 0.4) is 0 Å². The van der Waals surface area contributed by atoms with Crippen LogP contribution < -0.4 is 5.73 Å². The first kappa shape index (κ1) is 16.5. The lowest BCUT2D eigenvalue weighted by Gasteiger charge is -2.32. The van der Waals surface area contributed by atoms with Gasteiger partial charge in [0, 0.05) is 12.6 Å². The lowest BCUT2D eigenvalue weighted by Crippen LogP contribution is -2.42. The van der Waals surface area contributed by atoms with Crippen molar-refractivity contribution in [2.24, 2.45) is 17.1 Å². The molecule has 2 heteroatoms. The highest BCUT2D eigenvalue weighted by atomic mass is 15.2. The molecule has 0 spiro atoms. The third-order valence-corrected chi connectivity index (χ3v) is 5.09. The molecule has 0 aliphatic carbocycles. The average molecular weight is 288 g/mol. The van der Waals surface area contributed by atoms with Gasteiger partial charge in [0.15, 0.2) is 0 Å². The molecule has 2 atom stereocenters. The minimum Gasteiger partial charge on any atom is -0.329 e. The number of benzene rings is 1. The smallest absolute Gasteiger partial charge is 0.0258 e. The van der Waals surface area contributed by atoms with E-state index in [1.165, 1.54) is 37.9 Å². The quantitative estimate of drug-likeness (QED) is 0.915. The number of hydrogen-bond acceptors (Lipinski definition) is 2. The molecule has 1 aliphatic heterocycles. The summed E-state index contributed by atoms with van der Waals surface area (Å²) in [5.74, 6) is 0.845. The van der Waals surface area contributed by atoms with E-state index in [-0.39, 0.29) is 0 Å². The van der Waals surface area contributed by atoms with Crippen molar-refractivity contribution in [2.75, 3.05) is 19.6 Å². The first-order chi connectivity index (χ1) is 10.0. The zero-order valence-electron chi connectivity index (χ0n) is 14.0. The summed E-state index contributed by atoms with van der Waals surface area (Å²) in [7, 11) is 0. The molecular weight excluding hydrogens is 256 g/mol. The molecule has 0 amide bonds. The molecule has 2 unspecified atom stereocenters. The number of nitrogens with two attached hydrogens (primary N) is 1. The minimum atomic E-state index is 0.438. The van der Waals surface area contributed by atoms with Gasteiger partial charge in [-0.15, -0.1) is 0 Å². The van der Waals surface area contributed by atoms with Gasteiger partial charge in [-0.2, -0.15) is 0 Å². The fraction of sp³-hybridized carbons (Fsp3) is 0.684. The summed E-state index contributed by atoms with van der Waals surface area (Å²) >= 11 is 0. The number of likely N-dealkylation sites (tertiary alicyclic amines) is 1. The Morgan fingerprint density at radius 1 is 1.14 bits per heavy atom. The summed E-state index contributed by atoms with van der Waals surface area (Å²) < 4.78 is 0. The molecule has 2 N–H and O–H groups in total. The molecule has 1 aliphatic rings. The zero-order valence-corrected chi connectivity index (χ0v) is 14.0. The van der Waals surface area contributed by atoms with Crippen molar-refractivity contribution >= 4 is 0 Å². The summed E-state index contributed by atoms with van der Waals surface area (Å²) in [6.07, 6.45) is 5.07. The molecule has 118 valence electrons. The van der Waals surface area contributed by atoms with Gasteiger partial charge in [0.25, 0.3) is 0 Å². The van der Waals surface area contributed by atoms with E-state index in [4.69, 9.17) is 5.73 Å². The molecule has 1 heterocycles. The van der Waals surface area contributed by atoms with Gasteiger partial charge in [0.1, 0.15) is 0 Å². The topological polar surface area (TPSA) is 29.3 Å². The van der Waals surface area contributed by atoms with Gasteiger partial charge in [-0.3, -0.25) is 4.90 Å². The van der Waals surface area contributed by atoms with E-state index in [2.05, 4.69) is 56.0 Å². The predicted molar refractivity (Wildman–Crippen MR) is 91.4 cm³/mol. The van der Waals surface area contributed by atoms with Gasteiger partial charge in [0.05, 0.1) is 0 Å². The summed E-state index contributed by atoms with van der Waals surface area (Å²) in [6.45, 7) is 10.3. The lowest BCUT2D eigenvalue weighted by molar-refractivity contribution is 0.183. The molecule has 1 fully saturated rings. The summed E-state index contributed by atoms with van der Waals surface area (Å²) in [4.78, 5) is 2.64. The van der Waals surface area contributed by atoms with E-state index in [0.29, 0.717) is 11.5 Å². The number of rotatable bonds is 4. The standard InChI is InChI=1S/C19H32N2/c1-19(2,3)17-10-7-12-21(13-11-17)18(15-20)14-16-8-5-4-6-9-16/h4-6,8-9,17-18H,7,10-15,20H2,1-3H3. The monoisotopic (exact) mass is 288 g/mol. The Kier molecular flexibility index (Phi) is 5.83. The molecule has 1 aromatic rings. The van der Waals surface area contributed by atoms with Gasteiger partial charge in [-0.25, -0.2) is 0 Å². The Balaban J connectivity index is 1.96. The molecule has 2 rings (SSSR count). The van der Waals surface area contributed by atoms with Crippen LogP contribution in [-0.2, 0) is 6.42 Å². The van der Waals surface area contributed by atoms with Crippen LogP contribution >= 0.6 is 0 Å². The lowest BCUT2D eigenvalue weighted by atomic mass is 9.77. The molecule has 1 saturated heterocycles. The molecule has 21 heavy (non-hydrogen) atoms. The Morgan fingerprint density at radius 2 is 1.86 bits per heavy atom. The fourth-order valence-electron chi connectivity index (χ4n) is 3.60. The average Bonchev–Trinajstić information content (AvgIpc) is 2.71. The summed E-state index contributed by atoms with van der Waals surface area (Å²) in [5.41, 5.74) is 7.93. The summed E-state index contributed by atoms with van der Waals surface area (Å²) in [6, 6.07) is 11.3. The van der Waals surface area contributed by atoms with E-state index in [1.807, 2.05) is 0 Å². The largest absolute Gasteiger partial charge is 0.329 e. The van der Waals surface area contributed by atoms with Crippen molar-refractivity contribution in [3.8, 4) is 0 Å². The second-order valence-corrected chi connectivity index (χ2v) is 7.61.